The summed E-state index contributed by atoms with van der Waals surface area (Å²) < 4.78 is 10.2. The third-order valence-corrected chi connectivity index (χ3v) is 2.53. The van der Waals surface area contributed by atoms with E-state index in [0.29, 0.717) is 18.8 Å². The van der Waals surface area contributed by atoms with E-state index < -0.39 is 0 Å². The molecule has 0 saturated heterocycles. The molecule has 0 radical (unpaired) electrons. The number of hydrogen-bond donors (Lipinski definition) is 1. The van der Waals surface area contributed by atoms with Crippen molar-refractivity contribution >= 4 is 11.6 Å². The van der Waals surface area contributed by atoms with Crippen molar-refractivity contribution in [2.75, 3.05) is 38.8 Å². The summed E-state index contributed by atoms with van der Waals surface area (Å²) >= 11 is 0. The van der Waals surface area contributed by atoms with Crippen molar-refractivity contribution < 1.29 is 14.3 Å². The van der Waals surface area contributed by atoms with E-state index >= 15 is 0 Å². The van der Waals surface area contributed by atoms with E-state index in [2.05, 4.69) is 0 Å². The Morgan fingerprint density at radius 1 is 1.33 bits per heavy atom. The molecule has 0 fully saturated rings. The highest BCUT2D eigenvalue weighted by molar-refractivity contribution is 5.95. The highest BCUT2D eigenvalue weighted by Gasteiger charge is 2.18. The molecule has 2 N–H and O–H groups in total. The molecule has 18 heavy (non-hydrogen) atoms. The number of benzene rings is 1. The Bertz CT molecular complexity index is 382. The fourth-order valence-corrected chi connectivity index (χ4v) is 1.68. The van der Waals surface area contributed by atoms with Crippen molar-refractivity contribution in [1.82, 2.24) is 0 Å². The number of hydrogen-bond acceptors (Lipinski definition) is 4. The molecule has 0 atom stereocenters. The van der Waals surface area contributed by atoms with E-state index in [1.54, 1.807) is 12.0 Å². The van der Waals surface area contributed by atoms with Gasteiger partial charge in [0.25, 0.3) is 5.91 Å². The summed E-state index contributed by atoms with van der Waals surface area (Å²) in [6, 6.07) is 7.41. The van der Waals surface area contributed by atoms with Crippen molar-refractivity contribution in [3.8, 4) is 5.75 Å². The van der Waals surface area contributed by atoms with Crippen LogP contribution >= 0.6 is 0 Å². The van der Waals surface area contributed by atoms with Crippen molar-refractivity contribution in [2.24, 2.45) is 5.73 Å². The van der Waals surface area contributed by atoms with Gasteiger partial charge in [-0.05, 0) is 25.1 Å². The van der Waals surface area contributed by atoms with Crippen LogP contribution in [0, 0.1) is 0 Å². The predicted octanol–water partition coefficient (Wildman–Crippen LogP) is 1.02. The molecule has 0 aromatic heterocycles. The standard InChI is InChI=1S/C13H20N2O3/c1-17-10-13(16)15(9-5-8-14)11-6-3-4-7-12(11)18-2/h3-4,6-7H,5,8-10,14H2,1-2H3. The number of nitrogens with zero attached hydrogens (tertiary/aromatic N) is 1. The number of rotatable bonds is 7. The number of carbonyl (C=O) groups excluding carboxylic acids is 1. The zero-order valence-corrected chi connectivity index (χ0v) is 10.9. The van der Waals surface area contributed by atoms with Crippen LogP contribution in [0.15, 0.2) is 24.3 Å². The molecule has 0 aliphatic carbocycles. The Morgan fingerprint density at radius 3 is 2.67 bits per heavy atom. The summed E-state index contributed by atoms with van der Waals surface area (Å²) in [7, 11) is 3.09. The summed E-state index contributed by atoms with van der Waals surface area (Å²) in [6.45, 7) is 1.13. The van der Waals surface area contributed by atoms with E-state index in [0.717, 1.165) is 12.1 Å². The number of para-hydroxylation sites is 2. The topological polar surface area (TPSA) is 64.8 Å². The maximum absolute atomic E-state index is 12.0. The van der Waals surface area contributed by atoms with Crippen molar-refractivity contribution in [3.63, 3.8) is 0 Å². The van der Waals surface area contributed by atoms with Crippen LogP contribution < -0.4 is 15.4 Å². The van der Waals surface area contributed by atoms with Gasteiger partial charge in [0.15, 0.2) is 0 Å². The third kappa shape index (κ3) is 3.72. The predicted molar refractivity (Wildman–Crippen MR) is 70.9 cm³/mol. The molecular formula is C13H20N2O3. The molecule has 100 valence electrons. The second-order valence-corrected chi connectivity index (χ2v) is 3.79. The van der Waals surface area contributed by atoms with Crippen LogP contribution in [0.1, 0.15) is 6.42 Å². The lowest BCUT2D eigenvalue weighted by molar-refractivity contribution is -0.122. The smallest absolute Gasteiger partial charge is 0.253 e. The minimum Gasteiger partial charge on any atom is -0.495 e. The van der Waals surface area contributed by atoms with E-state index in [9.17, 15) is 4.79 Å². The van der Waals surface area contributed by atoms with E-state index in [1.165, 1.54) is 7.11 Å². The number of methoxy groups -OCH3 is 2. The van der Waals surface area contributed by atoms with Crippen molar-refractivity contribution in [3.05, 3.63) is 24.3 Å². The second-order valence-electron chi connectivity index (χ2n) is 3.79. The first-order valence-corrected chi connectivity index (χ1v) is 5.87. The number of anilines is 1. The van der Waals surface area contributed by atoms with Gasteiger partial charge in [-0.1, -0.05) is 12.1 Å². The molecule has 0 spiro atoms. The first kappa shape index (κ1) is 14.5. The normalized spacial score (nSPS) is 10.2. The highest BCUT2D eigenvalue weighted by atomic mass is 16.5. The first-order valence-electron chi connectivity index (χ1n) is 5.87. The lowest BCUT2D eigenvalue weighted by Crippen LogP contribution is -2.35. The summed E-state index contributed by atoms with van der Waals surface area (Å²) in [5.74, 6) is 0.564. The van der Waals surface area contributed by atoms with Gasteiger partial charge in [-0.15, -0.1) is 0 Å². The SMILES string of the molecule is COCC(=O)N(CCCN)c1ccccc1OC. The lowest BCUT2D eigenvalue weighted by Gasteiger charge is -2.24. The molecule has 0 aliphatic rings. The molecule has 1 rings (SSSR count). The molecule has 1 amide bonds. The average Bonchev–Trinajstić information content (AvgIpc) is 2.40. The minimum absolute atomic E-state index is 0.0443. The average molecular weight is 252 g/mol. The van der Waals surface area contributed by atoms with Crippen LogP contribution in [0.25, 0.3) is 0 Å². The molecule has 0 saturated carbocycles. The van der Waals surface area contributed by atoms with Crippen molar-refractivity contribution in [1.29, 1.82) is 0 Å². The zero-order chi connectivity index (χ0) is 13.4. The van der Waals surface area contributed by atoms with E-state index in [-0.39, 0.29) is 12.5 Å². The van der Waals surface area contributed by atoms with Gasteiger partial charge < -0.3 is 20.1 Å². The number of carbonyl (C=O) groups is 1. The Kier molecular flexibility index (Phi) is 6.18. The van der Waals surface area contributed by atoms with Gasteiger partial charge in [-0.25, -0.2) is 0 Å². The van der Waals surface area contributed by atoms with Crippen LogP contribution in [0.4, 0.5) is 5.69 Å². The molecule has 0 heterocycles. The highest BCUT2D eigenvalue weighted by Crippen LogP contribution is 2.27. The largest absolute Gasteiger partial charge is 0.495 e. The van der Waals surface area contributed by atoms with Crippen LogP contribution in [-0.4, -0.2) is 39.8 Å². The maximum atomic E-state index is 12.0. The van der Waals surface area contributed by atoms with Crippen molar-refractivity contribution in [2.45, 2.75) is 6.42 Å². The minimum atomic E-state index is -0.101. The van der Waals surface area contributed by atoms with Gasteiger partial charge in [-0.2, -0.15) is 0 Å². The summed E-state index contributed by atoms with van der Waals surface area (Å²) in [4.78, 5) is 13.7. The number of amides is 1. The molecule has 0 aliphatic heterocycles. The Labute approximate surface area is 107 Å². The number of nitrogens with two attached hydrogens (primary N) is 1. The second kappa shape index (κ2) is 7.68. The Morgan fingerprint density at radius 2 is 2.06 bits per heavy atom. The van der Waals surface area contributed by atoms with Gasteiger partial charge in [0.05, 0.1) is 12.8 Å². The molecule has 1 aromatic carbocycles. The van der Waals surface area contributed by atoms with Crippen LogP contribution in [0.3, 0.4) is 0 Å². The van der Waals surface area contributed by atoms with Crippen LogP contribution in [0.2, 0.25) is 0 Å². The molecule has 0 bridgehead atoms. The quantitative estimate of drug-likeness (QED) is 0.787. The van der Waals surface area contributed by atoms with Crippen LogP contribution in [-0.2, 0) is 9.53 Å². The molecule has 0 unspecified atom stereocenters. The summed E-state index contributed by atoms with van der Waals surface area (Å²) in [5, 5.41) is 0. The third-order valence-electron chi connectivity index (χ3n) is 2.53. The summed E-state index contributed by atoms with van der Waals surface area (Å²) in [5.41, 5.74) is 6.24. The van der Waals surface area contributed by atoms with Crippen LogP contribution in [0.5, 0.6) is 5.75 Å². The van der Waals surface area contributed by atoms with E-state index in [1.807, 2.05) is 24.3 Å². The molecule has 5 heteroatoms. The number of ether oxygens (including phenoxy) is 2. The molecular weight excluding hydrogens is 232 g/mol. The zero-order valence-electron chi connectivity index (χ0n) is 10.9. The van der Waals surface area contributed by atoms with E-state index in [4.69, 9.17) is 15.2 Å². The Hall–Kier alpha value is -1.59. The molecule has 1 aromatic rings. The Balaban J connectivity index is 2.96. The monoisotopic (exact) mass is 252 g/mol. The first-order chi connectivity index (χ1) is 8.74. The fourth-order valence-electron chi connectivity index (χ4n) is 1.68. The summed E-state index contributed by atoms with van der Waals surface area (Å²) in [6.07, 6.45) is 0.730. The fraction of sp³-hybridized carbons (Fsp3) is 0.462. The van der Waals surface area contributed by atoms with Gasteiger partial charge in [-0.3, -0.25) is 4.79 Å². The van der Waals surface area contributed by atoms with Gasteiger partial charge in [0.1, 0.15) is 12.4 Å². The van der Waals surface area contributed by atoms with Gasteiger partial charge in [0, 0.05) is 13.7 Å². The van der Waals surface area contributed by atoms with Gasteiger partial charge in [0.2, 0.25) is 0 Å². The maximum Gasteiger partial charge on any atom is 0.253 e. The van der Waals surface area contributed by atoms with Gasteiger partial charge >= 0.3 is 0 Å². The lowest BCUT2D eigenvalue weighted by atomic mass is 10.2. The molecule has 5 nitrogen and oxygen atoms in total.